The topological polar surface area (TPSA) is 76.1 Å². The number of ether oxygens (including phenoxy) is 2. The SMILES string of the molecule is O=S(=O)(c1ccc2c(c1)OCO2)N1CCC(O)c2ccccc21. The van der Waals surface area contributed by atoms with Crippen LogP contribution in [0.15, 0.2) is 47.4 Å². The quantitative estimate of drug-likeness (QED) is 0.910. The van der Waals surface area contributed by atoms with E-state index < -0.39 is 16.1 Å². The monoisotopic (exact) mass is 333 g/mol. The highest BCUT2D eigenvalue weighted by Gasteiger charge is 2.33. The van der Waals surface area contributed by atoms with Gasteiger partial charge in [-0.1, -0.05) is 18.2 Å². The Hall–Kier alpha value is -2.25. The Labute approximate surface area is 133 Å². The van der Waals surface area contributed by atoms with Crippen LogP contribution < -0.4 is 13.8 Å². The van der Waals surface area contributed by atoms with Gasteiger partial charge in [0, 0.05) is 18.2 Å². The van der Waals surface area contributed by atoms with Crippen LogP contribution in [0.3, 0.4) is 0 Å². The van der Waals surface area contributed by atoms with Gasteiger partial charge in [0.1, 0.15) is 0 Å². The number of anilines is 1. The number of benzene rings is 2. The second-order valence-electron chi connectivity index (χ2n) is 5.46. The lowest BCUT2D eigenvalue weighted by Crippen LogP contribution is -2.36. The number of hydrogen-bond donors (Lipinski definition) is 1. The third-order valence-corrected chi connectivity index (χ3v) is 5.91. The minimum atomic E-state index is -3.73. The highest BCUT2D eigenvalue weighted by Crippen LogP contribution is 2.39. The third-order valence-electron chi connectivity index (χ3n) is 4.10. The summed E-state index contributed by atoms with van der Waals surface area (Å²) in [5.74, 6) is 0.967. The molecule has 23 heavy (non-hydrogen) atoms. The molecule has 2 aliphatic heterocycles. The van der Waals surface area contributed by atoms with Crippen molar-refractivity contribution in [3.63, 3.8) is 0 Å². The van der Waals surface area contributed by atoms with Crippen molar-refractivity contribution in [2.24, 2.45) is 0 Å². The van der Waals surface area contributed by atoms with Crippen molar-refractivity contribution >= 4 is 15.7 Å². The maximum absolute atomic E-state index is 13.0. The second kappa shape index (κ2) is 5.14. The van der Waals surface area contributed by atoms with Crippen LogP contribution in [0.4, 0.5) is 5.69 Å². The van der Waals surface area contributed by atoms with Gasteiger partial charge < -0.3 is 14.6 Å². The van der Waals surface area contributed by atoms with Crippen LogP contribution in [-0.4, -0.2) is 26.9 Å². The molecule has 7 heteroatoms. The fourth-order valence-corrected chi connectivity index (χ4v) is 4.45. The summed E-state index contributed by atoms with van der Waals surface area (Å²) in [5, 5.41) is 10.1. The van der Waals surface area contributed by atoms with Gasteiger partial charge in [0.15, 0.2) is 11.5 Å². The molecule has 0 amide bonds. The standard InChI is InChI=1S/C16H15NO5S/c18-14-7-8-17(13-4-2-1-3-12(13)14)23(19,20)11-5-6-15-16(9-11)22-10-21-15/h1-6,9,14,18H,7-8,10H2. The van der Waals surface area contributed by atoms with Gasteiger partial charge in [-0.05, 0) is 24.6 Å². The van der Waals surface area contributed by atoms with Gasteiger partial charge in [0.25, 0.3) is 10.0 Å². The molecule has 0 saturated heterocycles. The first-order valence-electron chi connectivity index (χ1n) is 7.27. The number of fused-ring (bicyclic) bond motifs is 2. The number of sulfonamides is 1. The van der Waals surface area contributed by atoms with Gasteiger partial charge in [0.2, 0.25) is 6.79 Å². The molecule has 2 aromatic carbocycles. The van der Waals surface area contributed by atoms with Crippen LogP contribution in [0.2, 0.25) is 0 Å². The fourth-order valence-electron chi connectivity index (χ4n) is 2.93. The summed E-state index contributed by atoms with van der Waals surface area (Å²) in [7, 11) is -3.73. The van der Waals surface area contributed by atoms with Crippen molar-refractivity contribution in [2.45, 2.75) is 17.4 Å². The summed E-state index contributed by atoms with van der Waals surface area (Å²) in [6, 6.07) is 11.6. The van der Waals surface area contributed by atoms with Gasteiger partial charge in [-0.25, -0.2) is 8.42 Å². The first-order chi connectivity index (χ1) is 11.1. The van der Waals surface area contributed by atoms with Gasteiger partial charge in [-0.15, -0.1) is 0 Å². The minimum Gasteiger partial charge on any atom is -0.454 e. The van der Waals surface area contributed by atoms with E-state index >= 15 is 0 Å². The molecular formula is C16H15NO5S. The Bertz CT molecular complexity index is 865. The minimum absolute atomic E-state index is 0.0948. The van der Waals surface area contributed by atoms with E-state index in [1.54, 1.807) is 30.3 Å². The number of hydrogen-bond acceptors (Lipinski definition) is 5. The van der Waals surface area contributed by atoms with Crippen molar-refractivity contribution in [1.29, 1.82) is 0 Å². The third kappa shape index (κ3) is 2.24. The summed E-state index contributed by atoms with van der Waals surface area (Å²) in [5.41, 5.74) is 1.15. The predicted molar refractivity (Wildman–Crippen MR) is 83.1 cm³/mol. The number of aliphatic hydroxyl groups is 1. The van der Waals surface area contributed by atoms with Gasteiger partial charge in [-0.3, -0.25) is 4.31 Å². The molecule has 0 bridgehead atoms. The molecular weight excluding hydrogens is 318 g/mol. The highest BCUT2D eigenvalue weighted by atomic mass is 32.2. The van der Waals surface area contributed by atoms with Gasteiger partial charge in [0.05, 0.1) is 16.7 Å². The Morgan fingerprint density at radius 1 is 1.09 bits per heavy atom. The number of aliphatic hydroxyl groups excluding tert-OH is 1. The van der Waals surface area contributed by atoms with Crippen LogP contribution in [0.25, 0.3) is 0 Å². The average molecular weight is 333 g/mol. The van der Waals surface area contributed by atoms with Crippen molar-refractivity contribution < 1.29 is 23.0 Å². The molecule has 0 spiro atoms. The first kappa shape index (κ1) is 14.3. The summed E-state index contributed by atoms with van der Waals surface area (Å²) in [4.78, 5) is 0.146. The largest absolute Gasteiger partial charge is 0.454 e. The lowest BCUT2D eigenvalue weighted by atomic mass is 10.0. The number of para-hydroxylation sites is 1. The molecule has 2 aromatic rings. The van der Waals surface area contributed by atoms with Crippen LogP contribution in [-0.2, 0) is 10.0 Å². The van der Waals surface area contributed by atoms with Crippen LogP contribution in [0, 0.1) is 0 Å². The molecule has 1 N–H and O–H groups in total. The van der Waals surface area contributed by atoms with Crippen LogP contribution in [0.5, 0.6) is 11.5 Å². The second-order valence-corrected chi connectivity index (χ2v) is 7.32. The first-order valence-corrected chi connectivity index (χ1v) is 8.71. The lowest BCUT2D eigenvalue weighted by Gasteiger charge is -2.32. The van der Waals surface area contributed by atoms with E-state index in [1.807, 2.05) is 0 Å². The average Bonchev–Trinajstić information content (AvgIpc) is 3.03. The Balaban J connectivity index is 1.79. The van der Waals surface area contributed by atoms with E-state index in [1.165, 1.54) is 16.4 Å². The molecule has 4 rings (SSSR count). The Morgan fingerprint density at radius 2 is 1.87 bits per heavy atom. The molecule has 2 heterocycles. The van der Waals surface area contributed by atoms with E-state index in [9.17, 15) is 13.5 Å². The molecule has 6 nitrogen and oxygen atoms in total. The smallest absolute Gasteiger partial charge is 0.264 e. The van der Waals surface area contributed by atoms with Crippen molar-refractivity contribution in [3.8, 4) is 11.5 Å². The zero-order valence-corrected chi connectivity index (χ0v) is 13.0. The van der Waals surface area contributed by atoms with Crippen LogP contribution >= 0.6 is 0 Å². The van der Waals surface area contributed by atoms with E-state index in [0.29, 0.717) is 29.2 Å². The molecule has 0 aromatic heterocycles. The van der Waals surface area contributed by atoms with Crippen molar-refractivity contribution in [2.75, 3.05) is 17.6 Å². The Morgan fingerprint density at radius 3 is 2.74 bits per heavy atom. The molecule has 1 unspecified atom stereocenters. The summed E-state index contributed by atoms with van der Waals surface area (Å²) in [6.45, 7) is 0.326. The molecule has 0 fully saturated rings. The molecule has 0 radical (unpaired) electrons. The normalized spacial score (nSPS) is 19.5. The van der Waals surface area contributed by atoms with Gasteiger partial charge in [-0.2, -0.15) is 0 Å². The van der Waals surface area contributed by atoms with Crippen molar-refractivity contribution in [3.05, 3.63) is 48.0 Å². The van der Waals surface area contributed by atoms with Crippen molar-refractivity contribution in [1.82, 2.24) is 0 Å². The molecule has 0 saturated carbocycles. The number of rotatable bonds is 2. The summed E-state index contributed by atoms with van der Waals surface area (Å²) < 4.78 is 37.8. The predicted octanol–water partition coefficient (Wildman–Crippen LogP) is 2.05. The number of nitrogens with zero attached hydrogens (tertiary/aromatic N) is 1. The van der Waals surface area contributed by atoms with E-state index in [2.05, 4.69) is 0 Å². The summed E-state index contributed by atoms with van der Waals surface area (Å²) in [6.07, 6.45) is -0.282. The zero-order valence-electron chi connectivity index (χ0n) is 12.2. The van der Waals surface area contributed by atoms with E-state index in [0.717, 1.165) is 0 Å². The molecule has 0 aliphatic carbocycles. The zero-order chi connectivity index (χ0) is 16.0. The summed E-state index contributed by atoms with van der Waals surface area (Å²) >= 11 is 0. The molecule has 120 valence electrons. The van der Waals surface area contributed by atoms with Crippen LogP contribution in [0.1, 0.15) is 18.1 Å². The van der Waals surface area contributed by atoms with E-state index in [-0.39, 0.29) is 18.2 Å². The highest BCUT2D eigenvalue weighted by molar-refractivity contribution is 7.92. The lowest BCUT2D eigenvalue weighted by molar-refractivity contribution is 0.166. The molecule has 1 atom stereocenters. The molecule has 2 aliphatic rings. The maximum Gasteiger partial charge on any atom is 0.264 e. The fraction of sp³-hybridized carbons (Fsp3) is 0.250. The maximum atomic E-state index is 13.0. The van der Waals surface area contributed by atoms with E-state index in [4.69, 9.17) is 9.47 Å². The Kier molecular flexibility index (Phi) is 3.21. The van der Waals surface area contributed by atoms with Gasteiger partial charge >= 0.3 is 0 Å².